The number of hydrogen-bond acceptors (Lipinski definition) is 5. The van der Waals surface area contributed by atoms with Gasteiger partial charge in [0.2, 0.25) is 0 Å². The molecule has 136 valence electrons. The molecule has 2 aromatic rings. The largest absolute Gasteiger partial charge is 0.300 e. The molecule has 3 aliphatic rings. The molecule has 0 spiro atoms. The number of nitrogens with one attached hydrogen (secondary N) is 1. The van der Waals surface area contributed by atoms with Crippen LogP contribution < -0.4 is 5.56 Å². The summed E-state index contributed by atoms with van der Waals surface area (Å²) >= 11 is 0. The van der Waals surface area contributed by atoms with Crippen molar-refractivity contribution >= 4 is 11.0 Å². The highest BCUT2D eigenvalue weighted by Crippen LogP contribution is 2.34. The molecule has 0 bridgehead atoms. The van der Waals surface area contributed by atoms with Crippen molar-refractivity contribution in [1.29, 1.82) is 0 Å². The highest BCUT2D eigenvalue weighted by atomic mass is 16.1. The van der Waals surface area contributed by atoms with E-state index in [4.69, 9.17) is 4.98 Å². The fourth-order valence-corrected chi connectivity index (χ4v) is 3.98. The average Bonchev–Trinajstić information content (AvgIpc) is 3.35. The van der Waals surface area contributed by atoms with Crippen LogP contribution in [-0.2, 0) is 6.42 Å². The van der Waals surface area contributed by atoms with E-state index in [1.807, 2.05) is 31.2 Å². The van der Waals surface area contributed by atoms with Crippen molar-refractivity contribution in [3.05, 3.63) is 46.5 Å². The third-order valence-corrected chi connectivity index (χ3v) is 5.36. The predicted octanol–water partition coefficient (Wildman–Crippen LogP) is 3.36. The molecule has 0 amide bonds. The summed E-state index contributed by atoms with van der Waals surface area (Å²) < 4.78 is 2.07. The first-order chi connectivity index (χ1) is 13.2. The molecular formula is C20H20N6O. The lowest BCUT2D eigenvalue weighted by Gasteiger charge is -2.13. The van der Waals surface area contributed by atoms with Gasteiger partial charge in [-0.05, 0) is 31.4 Å². The Hall–Kier alpha value is -3.09. The Bertz CT molecular complexity index is 1150. The zero-order valence-electron chi connectivity index (χ0n) is 15.1. The third-order valence-electron chi connectivity index (χ3n) is 5.36. The summed E-state index contributed by atoms with van der Waals surface area (Å²) in [7, 11) is 0. The number of benzene rings is 1. The van der Waals surface area contributed by atoms with E-state index in [-0.39, 0.29) is 5.56 Å². The molecule has 3 heterocycles. The van der Waals surface area contributed by atoms with E-state index in [1.54, 1.807) is 6.20 Å². The van der Waals surface area contributed by atoms with Gasteiger partial charge in [-0.25, -0.2) is 9.97 Å². The minimum atomic E-state index is -0.255. The summed E-state index contributed by atoms with van der Waals surface area (Å²) in [5.41, 5.74) is 3.33. The summed E-state index contributed by atoms with van der Waals surface area (Å²) in [6.07, 6.45) is 7.00. The Balaban J connectivity index is 1.71. The van der Waals surface area contributed by atoms with Crippen molar-refractivity contribution in [3.8, 4) is 22.9 Å². The zero-order chi connectivity index (χ0) is 18.4. The highest BCUT2D eigenvalue weighted by Gasteiger charge is 2.28. The third kappa shape index (κ3) is 2.61. The van der Waals surface area contributed by atoms with Crippen LogP contribution in [-0.4, -0.2) is 29.7 Å². The topological polar surface area (TPSA) is 89.3 Å². The molecule has 7 heteroatoms. The zero-order valence-corrected chi connectivity index (χ0v) is 15.1. The lowest BCUT2D eigenvalue weighted by molar-refractivity contribution is 0.464. The molecule has 1 aromatic heterocycles. The second kappa shape index (κ2) is 6.26. The molecule has 0 radical (unpaired) electrons. The van der Waals surface area contributed by atoms with E-state index in [1.165, 1.54) is 12.8 Å². The highest BCUT2D eigenvalue weighted by molar-refractivity contribution is 5.76. The summed E-state index contributed by atoms with van der Waals surface area (Å²) in [4.78, 5) is 30.8. The van der Waals surface area contributed by atoms with E-state index < -0.39 is 0 Å². The van der Waals surface area contributed by atoms with E-state index >= 15 is 0 Å². The van der Waals surface area contributed by atoms with Crippen LogP contribution in [0, 0.1) is 0 Å². The van der Waals surface area contributed by atoms with Crippen molar-refractivity contribution in [2.24, 2.45) is 0 Å². The van der Waals surface area contributed by atoms with Crippen LogP contribution in [0.4, 0.5) is 0 Å². The van der Waals surface area contributed by atoms with E-state index in [0.29, 0.717) is 28.9 Å². The quantitative estimate of drug-likeness (QED) is 0.605. The van der Waals surface area contributed by atoms with Gasteiger partial charge in [0.05, 0.1) is 23.3 Å². The van der Waals surface area contributed by atoms with Crippen LogP contribution in [0.2, 0.25) is 0 Å². The van der Waals surface area contributed by atoms with Crippen LogP contribution in [0.5, 0.6) is 0 Å². The van der Waals surface area contributed by atoms with Crippen LogP contribution in [0.15, 0.2) is 35.3 Å². The van der Waals surface area contributed by atoms with Crippen molar-refractivity contribution in [2.75, 3.05) is 0 Å². The second-order valence-corrected chi connectivity index (χ2v) is 7.05. The van der Waals surface area contributed by atoms with Crippen molar-refractivity contribution < 1.29 is 0 Å². The number of nitrogens with zero attached hydrogens (tertiary/aromatic N) is 5. The van der Waals surface area contributed by atoms with E-state index in [2.05, 4.69) is 24.7 Å². The van der Waals surface area contributed by atoms with Gasteiger partial charge in [-0.15, -0.1) is 0 Å². The van der Waals surface area contributed by atoms with Crippen molar-refractivity contribution in [2.45, 2.75) is 45.1 Å². The van der Waals surface area contributed by atoms with Gasteiger partial charge in [-0.3, -0.25) is 19.6 Å². The Kier molecular flexibility index (Phi) is 3.74. The monoisotopic (exact) mass is 360 g/mol. The van der Waals surface area contributed by atoms with Crippen LogP contribution in [0.3, 0.4) is 0 Å². The van der Waals surface area contributed by atoms with Gasteiger partial charge in [0.25, 0.3) is 5.56 Å². The number of aromatic amines is 1. The van der Waals surface area contributed by atoms with Gasteiger partial charge >= 0.3 is 0 Å². The number of para-hydroxylation sites is 2. The van der Waals surface area contributed by atoms with E-state index in [0.717, 1.165) is 36.0 Å². The normalized spacial score (nSPS) is 15.1. The molecule has 0 atom stereocenters. The summed E-state index contributed by atoms with van der Waals surface area (Å²) in [5.74, 6) is 1.02. The molecule has 2 aliphatic heterocycles. The van der Waals surface area contributed by atoms with Crippen molar-refractivity contribution in [1.82, 2.24) is 29.7 Å². The maximum atomic E-state index is 12.8. The van der Waals surface area contributed by atoms with Gasteiger partial charge in [-0.1, -0.05) is 31.9 Å². The fraction of sp³-hybridized carbons (Fsp3) is 0.350. The maximum absolute atomic E-state index is 12.8. The number of rotatable bonds is 3. The lowest BCUT2D eigenvalue weighted by Crippen LogP contribution is -2.17. The number of hydrogen-bond donors (Lipinski definition) is 1. The molecule has 0 saturated heterocycles. The molecule has 1 saturated carbocycles. The second-order valence-electron chi connectivity index (χ2n) is 7.05. The molecule has 5 rings (SSSR count). The Morgan fingerprint density at radius 3 is 2.67 bits per heavy atom. The molecule has 0 unspecified atom stereocenters. The minimum Gasteiger partial charge on any atom is -0.300 e. The molecular weight excluding hydrogens is 340 g/mol. The van der Waals surface area contributed by atoms with Crippen LogP contribution in [0.1, 0.15) is 44.3 Å². The fourth-order valence-electron chi connectivity index (χ4n) is 3.98. The van der Waals surface area contributed by atoms with Crippen LogP contribution >= 0.6 is 0 Å². The molecule has 1 aromatic carbocycles. The first-order valence-corrected chi connectivity index (χ1v) is 9.48. The average molecular weight is 360 g/mol. The van der Waals surface area contributed by atoms with Gasteiger partial charge in [0.1, 0.15) is 11.3 Å². The van der Waals surface area contributed by atoms with Gasteiger partial charge in [-0.2, -0.15) is 4.98 Å². The molecule has 27 heavy (non-hydrogen) atoms. The van der Waals surface area contributed by atoms with Gasteiger partial charge in [0, 0.05) is 5.69 Å². The number of aromatic nitrogens is 6. The maximum Gasteiger partial charge on any atom is 0.284 e. The van der Waals surface area contributed by atoms with Crippen LogP contribution in [0.25, 0.3) is 33.9 Å². The first-order valence-electron chi connectivity index (χ1n) is 9.48. The number of aryl methyl sites for hydroxylation is 1. The summed E-state index contributed by atoms with van der Waals surface area (Å²) in [6.45, 7) is 2.03. The molecule has 7 nitrogen and oxygen atoms in total. The molecule has 1 fully saturated rings. The Morgan fingerprint density at radius 1 is 1.11 bits per heavy atom. The van der Waals surface area contributed by atoms with Gasteiger partial charge < -0.3 is 0 Å². The minimum absolute atomic E-state index is 0.255. The number of H-pyrrole nitrogens is 1. The number of fused-ring (bicyclic) bond motifs is 2. The van der Waals surface area contributed by atoms with Crippen molar-refractivity contribution in [3.63, 3.8) is 0 Å². The lowest BCUT2D eigenvalue weighted by atomic mass is 10.1. The molecule has 1 N–H and O–H groups in total. The molecule has 1 aliphatic carbocycles. The first kappa shape index (κ1) is 16.1. The predicted molar refractivity (Wildman–Crippen MR) is 103 cm³/mol. The Labute approximate surface area is 155 Å². The summed E-state index contributed by atoms with van der Waals surface area (Å²) in [6, 6.07) is 8.00. The van der Waals surface area contributed by atoms with Gasteiger partial charge in [0.15, 0.2) is 11.6 Å². The Morgan fingerprint density at radius 2 is 1.89 bits per heavy atom. The standard InChI is InChI=1S/C20H20N6O/c1-2-13-17-19(26(25-13)12-7-3-4-8-12)23-18(24-20(17)27)16-11-21-14-9-5-6-10-15(14)22-16/h5-6,9-12,25H,2-4,7-8H2,1H3. The van der Waals surface area contributed by atoms with E-state index in [9.17, 15) is 4.79 Å². The SMILES string of the molecule is CCc1[nH]n(C2CCCC2)c2nc(-c3cnc4ccccc4n3)nc(=O)c1-2. The smallest absolute Gasteiger partial charge is 0.284 e. The summed E-state index contributed by atoms with van der Waals surface area (Å²) in [5, 5.41) is 3.41.